The van der Waals surface area contributed by atoms with Gasteiger partial charge in [0.1, 0.15) is 0 Å². The Balaban J connectivity index is 1.81. The maximum atomic E-state index is 3.63. The summed E-state index contributed by atoms with van der Waals surface area (Å²) in [6.45, 7) is 7.89. The predicted octanol–water partition coefficient (Wildman–Crippen LogP) is 3.46. The highest BCUT2D eigenvalue weighted by Gasteiger charge is 2.21. The summed E-state index contributed by atoms with van der Waals surface area (Å²) in [7, 11) is 0. The Morgan fingerprint density at radius 1 is 1.26 bits per heavy atom. The lowest BCUT2D eigenvalue weighted by Crippen LogP contribution is -2.44. The van der Waals surface area contributed by atoms with Crippen LogP contribution >= 0.6 is 15.9 Å². The van der Waals surface area contributed by atoms with Crippen LogP contribution in [-0.4, -0.2) is 25.7 Å². The van der Waals surface area contributed by atoms with Gasteiger partial charge in [0.2, 0.25) is 0 Å². The van der Waals surface area contributed by atoms with Gasteiger partial charge in [-0.25, -0.2) is 0 Å². The molecular formula is C16H25BrN2. The normalized spacial score (nSPS) is 20.5. The predicted molar refractivity (Wildman–Crippen MR) is 85.7 cm³/mol. The molecule has 1 aromatic carbocycles. The molecule has 1 atom stereocenters. The molecule has 0 amide bonds. The first-order valence-electron chi connectivity index (χ1n) is 7.28. The van der Waals surface area contributed by atoms with E-state index in [1.54, 1.807) is 0 Å². The molecule has 1 unspecified atom stereocenters. The molecular weight excluding hydrogens is 300 g/mol. The summed E-state index contributed by atoms with van der Waals surface area (Å²) >= 11 is 3.49. The highest BCUT2D eigenvalue weighted by molar-refractivity contribution is 9.10. The number of piperidine rings is 1. The minimum atomic E-state index is 0.176. The maximum Gasteiger partial charge on any atom is 0.0192 e. The highest BCUT2D eigenvalue weighted by Crippen LogP contribution is 2.24. The first kappa shape index (κ1) is 15.0. The third-order valence-electron chi connectivity index (χ3n) is 4.00. The van der Waals surface area contributed by atoms with Gasteiger partial charge < -0.3 is 10.6 Å². The average molecular weight is 325 g/mol. The molecule has 1 aromatic rings. The lowest BCUT2D eigenvalue weighted by atomic mass is 9.84. The van der Waals surface area contributed by atoms with Crippen molar-refractivity contribution in [3.63, 3.8) is 0 Å². The van der Waals surface area contributed by atoms with E-state index in [2.05, 4.69) is 64.7 Å². The van der Waals surface area contributed by atoms with Crippen molar-refractivity contribution in [3.8, 4) is 0 Å². The van der Waals surface area contributed by atoms with Gasteiger partial charge in [0, 0.05) is 29.0 Å². The molecule has 2 rings (SSSR count). The lowest BCUT2D eigenvalue weighted by molar-refractivity contribution is 0.366. The fourth-order valence-corrected chi connectivity index (χ4v) is 2.92. The van der Waals surface area contributed by atoms with Crippen molar-refractivity contribution in [1.29, 1.82) is 0 Å². The molecule has 2 N–H and O–H groups in total. The Kier molecular flexibility index (Phi) is 5.43. The Labute approximate surface area is 125 Å². The minimum Gasteiger partial charge on any atom is -0.314 e. The van der Waals surface area contributed by atoms with E-state index in [0.717, 1.165) is 17.6 Å². The quantitative estimate of drug-likeness (QED) is 0.866. The first-order valence-corrected chi connectivity index (χ1v) is 8.07. The van der Waals surface area contributed by atoms with E-state index in [9.17, 15) is 0 Å². The van der Waals surface area contributed by atoms with E-state index >= 15 is 0 Å². The number of rotatable bonds is 5. The molecule has 106 valence electrons. The molecule has 0 radical (unpaired) electrons. The zero-order valence-corrected chi connectivity index (χ0v) is 13.6. The summed E-state index contributed by atoms with van der Waals surface area (Å²) < 4.78 is 1.14. The summed E-state index contributed by atoms with van der Waals surface area (Å²) in [6, 6.07) is 9.34. The van der Waals surface area contributed by atoms with Gasteiger partial charge in [-0.15, -0.1) is 0 Å². The fourth-order valence-electron chi connectivity index (χ4n) is 2.66. The molecule has 1 fully saturated rings. The summed E-state index contributed by atoms with van der Waals surface area (Å²) in [4.78, 5) is 0. The number of halogens is 1. The summed E-state index contributed by atoms with van der Waals surface area (Å²) in [5.41, 5.74) is 1.56. The van der Waals surface area contributed by atoms with E-state index < -0.39 is 0 Å². The van der Waals surface area contributed by atoms with Gasteiger partial charge in [0.25, 0.3) is 0 Å². The smallest absolute Gasteiger partial charge is 0.0192 e. The van der Waals surface area contributed by atoms with Gasteiger partial charge >= 0.3 is 0 Å². The molecule has 3 heteroatoms. The molecule has 0 spiro atoms. The minimum absolute atomic E-state index is 0.176. The zero-order chi connectivity index (χ0) is 13.7. The Morgan fingerprint density at radius 2 is 2.00 bits per heavy atom. The van der Waals surface area contributed by atoms with Gasteiger partial charge in [0.15, 0.2) is 0 Å². The van der Waals surface area contributed by atoms with Crippen molar-refractivity contribution in [2.24, 2.45) is 0 Å². The second-order valence-electron chi connectivity index (χ2n) is 6.17. The van der Waals surface area contributed by atoms with E-state index in [1.165, 1.54) is 31.4 Å². The molecule has 1 saturated heterocycles. The SMILES string of the molecule is CC(C)(CNCC1CCCCN1)c1ccc(Br)cc1. The van der Waals surface area contributed by atoms with Gasteiger partial charge in [-0.05, 0) is 37.1 Å². The van der Waals surface area contributed by atoms with Gasteiger partial charge in [-0.2, -0.15) is 0 Å². The Hall–Kier alpha value is -0.380. The van der Waals surface area contributed by atoms with Crippen LogP contribution in [0.15, 0.2) is 28.7 Å². The molecule has 0 aromatic heterocycles. The van der Waals surface area contributed by atoms with Crippen LogP contribution < -0.4 is 10.6 Å². The molecule has 0 bridgehead atoms. The number of nitrogens with one attached hydrogen (secondary N) is 2. The van der Waals surface area contributed by atoms with Crippen molar-refractivity contribution >= 4 is 15.9 Å². The van der Waals surface area contributed by atoms with Crippen LogP contribution in [0.3, 0.4) is 0 Å². The number of benzene rings is 1. The van der Waals surface area contributed by atoms with Crippen molar-refractivity contribution in [2.75, 3.05) is 19.6 Å². The third kappa shape index (κ3) is 4.59. The van der Waals surface area contributed by atoms with Crippen LogP contribution in [-0.2, 0) is 5.41 Å². The Morgan fingerprint density at radius 3 is 2.63 bits per heavy atom. The van der Waals surface area contributed by atoms with Crippen molar-refractivity contribution in [3.05, 3.63) is 34.3 Å². The van der Waals surface area contributed by atoms with E-state index in [4.69, 9.17) is 0 Å². The number of hydrogen-bond acceptors (Lipinski definition) is 2. The van der Waals surface area contributed by atoms with Gasteiger partial charge in [-0.3, -0.25) is 0 Å². The second-order valence-corrected chi connectivity index (χ2v) is 7.08. The summed E-state index contributed by atoms with van der Waals surface area (Å²) in [6.07, 6.45) is 4.02. The van der Waals surface area contributed by atoms with E-state index in [1.807, 2.05) is 0 Å². The molecule has 2 nitrogen and oxygen atoms in total. The zero-order valence-electron chi connectivity index (χ0n) is 12.0. The van der Waals surface area contributed by atoms with Gasteiger partial charge in [0.05, 0.1) is 0 Å². The monoisotopic (exact) mass is 324 g/mol. The molecule has 1 aliphatic heterocycles. The fraction of sp³-hybridized carbons (Fsp3) is 0.625. The van der Waals surface area contributed by atoms with Crippen molar-refractivity contribution in [2.45, 2.75) is 44.6 Å². The lowest BCUT2D eigenvalue weighted by Gasteiger charge is -2.29. The standard InChI is InChI=1S/C16H25BrN2/c1-16(2,13-6-8-14(17)9-7-13)12-18-11-15-5-3-4-10-19-15/h6-9,15,18-19H,3-5,10-12H2,1-2H3. The van der Waals surface area contributed by atoms with Crippen LogP contribution in [0, 0.1) is 0 Å². The summed E-state index contributed by atoms with van der Waals surface area (Å²) in [5, 5.41) is 7.22. The average Bonchev–Trinajstić information content (AvgIpc) is 2.40. The topological polar surface area (TPSA) is 24.1 Å². The molecule has 19 heavy (non-hydrogen) atoms. The second kappa shape index (κ2) is 6.87. The van der Waals surface area contributed by atoms with Crippen LogP contribution in [0.5, 0.6) is 0 Å². The highest BCUT2D eigenvalue weighted by atomic mass is 79.9. The maximum absolute atomic E-state index is 3.63. The summed E-state index contributed by atoms with van der Waals surface area (Å²) in [5.74, 6) is 0. The van der Waals surface area contributed by atoms with Crippen molar-refractivity contribution in [1.82, 2.24) is 10.6 Å². The Bertz CT molecular complexity index is 380. The third-order valence-corrected chi connectivity index (χ3v) is 4.52. The molecule has 0 saturated carbocycles. The van der Waals surface area contributed by atoms with Crippen LogP contribution in [0.1, 0.15) is 38.7 Å². The van der Waals surface area contributed by atoms with E-state index in [-0.39, 0.29) is 5.41 Å². The van der Waals surface area contributed by atoms with Crippen LogP contribution in [0.4, 0.5) is 0 Å². The number of hydrogen-bond donors (Lipinski definition) is 2. The van der Waals surface area contributed by atoms with Gasteiger partial charge in [-0.1, -0.05) is 48.3 Å². The molecule has 1 aliphatic rings. The largest absolute Gasteiger partial charge is 0.314 e. The van der Waals surface area contributed by atoms with Crippen molar-refractivity contribution < 1.29 is 0 Å². The van der Waals surface area contributed by atoms with E-state index in [0.29, 0.717) is 6.04 Å². The van der Waals surface area contributed by atoms with Crippen LogP contribution in [0.25, 0.3) is 0 Å². The van der Waals surface area contributed by atoms with Crippen LogP contribution in [0.2, 0.25) is 0 Å². The molecule has 1 heterocycles. The molecule has 0 aliphatic carbocycles. The first-order chi connectivity index (χ1) is 9.08.